The molecule has 0 aliphatic rings. The number of benzene rings is 1. The van der Waals surface area contributed by atoms with Crippen molar-refractivity contribution in [3.63, 3.8) is 0 Å². The predicted molar refractivity (Wildman–Crippen MR) is 77.2 cm³/mol. The molecule has 1 N–H and O–H groups in total. The van der Waals surface area contributed by atoms with Crippen LogP contribution in [-0.4, -0.2) is 37.3 Å². The van der Waals surface area contributed by atoms with Crippen molar-refractivity contribution in [1.82, 2.24) is 0 Å². The fraction of sp³-hybridized carbons (Fsp3) is 0.273. The van der Waals surface area contributed by atoms with Crippen LogP contribution in [0.5, 0.6) is 5.75 Å². The minimum absolute atomic E-state index is 0.108. The van der Waals surface area contributed by atoms with Gasteiger partial charge in [-0.25, -0.2) is 4.79 Å². The van der Waals surface area contributed by atoms with E-state index in [-0.39, 0.29) is 11.3 Å². The fourth-order valence-corrected chi connectivity index (χ4v) is 1.93. The molecule has 0 spiro atoms. The standard InChI is InChI=1S/C11H11IO7S/c1-7(13)19-10-6-8(2-3-9(10)12)11(14)18-4-5-20(15,16)17/h2-3,6H,4-5H2,1H3,(H,15,16,17). The molecule has 0 aliphatic carbocycles. The summed E-state index contributed by atoms with van der Waals surface area (Å²) < 4.78 is 39.7. The average molecular weight is 414 g/mol. The Labute approximate surface area is 129 Å². The zero-order valence-electron chi connectivity index (χ0n) is 10.3. The Bertz CT molecular complexity index is 624. The van der Waals surface area contributed by atoms with Crippen LogP contribution in [-0.2, 0) is 19.6 Å². The molecule has 0 radical (unpaired) electrons. The van der Waals surface area contributed by atoms with Crippen molar-refractivity contribution in [1.29, 1.82) is 0 Å². The molecule has 1 rings (SSSR count). The molecule has 0 heterocycles. The molecule has 0 saturated carbocycles. The highest BCUT2D eigenvalue weighted by atomic mass is 127. The molecular weight excluding hydrogens is 403 g/mol. The summed E-state index contributed by atoms with van der Waals surface area (Å²) in [6, 6.07) is 4.32. The van der Waals surface area contributed by atoms with Crippen LogP contribution in [0.2, 0.25) is 0 Å². The third-order valence-electron chi connectivity index (χ3n) is 2.00. The number of rotatable bonds is 5. The number of halogens is 1. The molecule has 1 aromatic carbocycles. The van der Waals surface area contributed by atoms with Crippen LogP contribution in [0.3, 0.4) is 0 Å². The average Bonchev–Trinajstić information content (AvgIpc) is 2.29. The SMILES string of the molecule is CC(=O)Oc1cc(C(=O)OCCS(=O)(=O)O)ccc1I. The zero-order valence-corrected chi connectivity index (χ0v) is 13.3. The second-order valence-electron chi connectivity index (χ2n) is 3.66. The Morgan fingerprint density at radius 2 is 2.00 bits per heavy atom. The number of hydrogen-bond donors (Lipinski definition) is 1. The van der Waals surface area contributed by atoms with Gasteiger partial charge in [-0.1, -0.05) is 0 Å². The van der Waals surface area contributed by atoms with Crippen molar-refractivity contribution in [2.45, 2.75) is 6.92 Å². The molecule has 0 aromatic heterocycles. The molecule has 0 unspecified atom stereocenters. The van der Waals surface area contributed by atoms with Crippen molar-refractivity contribution >= 4 is 44.6 Å². The second-order valence-corrected chi connectivity index (χ2v) is 6.40. The summed E-state index contributed by atoms with van der Waals surface area (Å²) in [5, 5.41) is 0. The number of esters is 2. The van der Waals surface area contributed by atoms with E-state index >= 15 is 0 Å². The van der Waals surface area contributed by atoms with Gasteiger partial charge in [-0.05, 0) is 40.8 Å². The van der Waals surface area contributed by atoms with Crippen LogP contribution < -0.4 is 4.74 Å². The lowest BCUT2D eigenvalue weighted by Gasteiger charge is -2.07. The van der Waals surface area contributed by atoms with E-state index in [2.05, 4.69) is 4.74 Å². The number of carbonyl (C=O) groups excluding carboxylic acids is 2. The minimum Gasteiger partial charge on any atom is -0.461 e. The summed E-state index contributed by atoms with van der Waals surface area (Å²) in [7, 11) is -4.18. The van der Waals surface area contributed by atoms with Crippen LogP contribution in [0.15, 0.2) is 18.2 Å². The van der Waals surface area contributed by atoms with Gasteiger partial charge in [0, 0.05) is 6.92 Å². The molecule has 110 valence electrons. The van der Waals surface area contributed by atoms with E-state index in [1.807, 2.05) is 22.6 Å². The molecule has 0 fully saturated rings. The topological polar surface area (TPSA) is 107 Å². The summed E-state index contributed by atoms with van der Waals surface area (Å²) in [4.78, 5) is 22.5. The molecular formula is C11H11IO7S. The minimum atomic E-state index is -4.18. The Balaban J connectivity index is 2.76. The maximum absolute atomic E-state index is 11.6. The molecule has 0 aliphatic heterocycles. The van der Waals surface area contributed by atoms with Gasteiger partial charge in [0.1, 0.15) is 18.1 Å². The first-order valence-corrected chi connectivity index (χ1v) is 7.98. The molecule has 0 amide bonds. The number of ether oxygens (including phenoxy) is 2. The summed E-state index contributed by atoms with van der Waals surface area (Å²) >= 11 is 1.93. The summed E-state index contributed by atoms with van der Waals surface area (Å²) in [6.07, 6.45) is 0. The fourth-order valence-electron chi connectivity index (χ4n) is 1.19. The zero-order chi connectivity index (χ0) is 15.3. The molecule has 0 saturated heterocycles. The Morgan fingerprint density at radius 1 is 1.35 bits per heavy atom. The Hall–Kier alpha value is -1.20. The number of hydrogen-bond acceptors (Lipinski definition) is 6. The van der Waals surface area contributed by atoms with Gasteiger partial charge in [0.25, 0.3) is 10.1 Å². The Kier molecular flexibility index (Phi) is 5.89. The summed E-state index contributed by atoms with van der Waals surface area (Å²) in [5.74, 6) is -1.78. The van der Waals surface area contributed by atoms with E-state index in [1.54, 1.807) is 6.07 Å². The van der Waals surface area contributed by atoms with E-state index in [0.717, 1.165) is 0 Å². The predicted octanol–water partition coefficient (Wildman–Crippen LogP) is 1.26. The molecule has 20 heavy (non-hydrogen) atoms. The molecule has 0 bridgehead atoms. The quantitative estimate of drug-likeness (QED) is 0.335. The first kappa shape index (κ1) is 16.9. The highest BCUT2D eigenvalue weighted by Gasteiger charge is 2.13. The van der Waals surface area contributed by atoms with E-state index in [4.69, 9.17) is 9.29 Å². The molecule has 0 atom stereocenters. The van der Waals surface area contributed by atoms with Crippen LogP contribution in [0.4, 0.5) is 0 Å². The monoisotopic (exact) mass is 414 g/mol. The van der Waals surface area contributed by atoms with Crippen molar-refractivity contribution < 1.29 is 32.0 Å². The van der Waals surface area contributed by atoms with Gasteiger partial charge in [0.05, 0.1) is 9.13 Å². The highest BCUT2D eigenvalue weighted by molar-refractivity contribution is 14.1. The molecule has 1 aromatic rings. The van der Waals surface area contributed by atoms with Gasteiger partial charge in [-0.3, -0.25) is 9.35 Å². The van der Waals surface area contributed by atoms with Gasteiger partial charge in [-0.2, -0.15) is 8.42 Å². The second kappa shape index (κ2) is 6.99. The number of carbonyl (C=O) groups is 2. The van der Waals surface area contributed by atoms with Gasteiger partial charge in [-0.15, -0.1) is 0 Å². The summed E-state index contributed by atoms with van der Waals surface area (Å²) in [5.41, 5.74) is 0.108. The molecule has 7 nitrogen and oxygen atoms in total. The largest absolute Gasteiger partial charge is 0.461 e. The van der Waals surface area contributed by atoms with Gasteiger partial charge in [0.15, 0.2) is 0 Å². The maximum atomic E-state index is 11.6. The van der Waals surface area contributed by atoms with Gasteiger partial charge in [0.2, 0.25) is 0 Å². The highest BCUT2D eigenvalue weighted by Crippen LogP contribution is 2.23. The van der Waals surface area contributed by atoms with Gasteiger partial charge >= 0.3 is 11.9 Å². The van der Waals surface area contributed by atoms with Crippen LogP contribution in [0.25, 0.3) is 0 Å². The first-order chi connectivity index (χ1) is 9.19. The lowest BCUT2D eigenvalue weighted by atomic mass is 10.2. The smallest absolute Gasteiger partial charge is 0.338 e. The maximum Gasteiger partial charge on any atom is 0.338 e. The lowest BCUT2D eigenvalue weighted by Crippen LogP contribution is -2.15. The van der Waals surface area contributed by atoms with Crippen LogP contribution in [0.1, 0.15) is 17.3 Å². The van der Waals surface area contributed by atoms with Gasteiger partial charge < -0.3 is 9.47 Å². The van der Waals surface area contributed by atoms with Crippen molar-refractivity contribution in [2.75, 3.05) is 12.4 Å². The van der Waals surface area contributed by atoms with E-state index in [9.17, 15) is 18.0 Å². The van der Waals surface area contributed by atoms with Crippen LogP contribution in [0, 0.1) is 3.57 Å². The van der Waals surface area contributed by atoms with Crippen molar-refractivity contribution in [3.05, 3.63) is 27.3 Å². The van der Waals surface area contributed by atoms with E-state index in [0.29, 0.717) is 3.57 Å². The lowest BCUT2D eigenvalue weighted by molar-refractivity contribution is -0.131. The Morgan fingerprint density at radius 3 is 2.55 bits per heavy atom. The first-order valence-electron chi connectivity index (χ1n) is 5.29. The third-order valence-corrected chi connectivity index (χ3v) is 3.57. The van der Waals surface area contributed by atoms with Crippen molar-refractivity contribution in [2.24, 2.45) is 0 Å². The van der Waals surface area contributed by atoms with E-state index in [1.165, 1.54) is 19.1 Å². The van der Waals surface area contributed by atoms with Crippen LogP contribution >= 0.6 is 22.6 Å². The van der Waals surface area contributed by atoms with Crippen molar-refractivity contribution in [3.8, 4) is 5.75 Å². The third kappa shape index (κ3) is 5.84. The normalized spacial score (nSPS) is 10.9. The van der Waals surface area contributed by atoms with E-state index < -0.39 is 34.4 Å². The summed E-state index contributed by atoms with van der Waals surface area (Å²) in [6.45, 7) is 0.764. The molecule has 9 heteroatoms.